The number of nitrogens with zero attached hydrogens (tertiary/aromatic N) is 1. The highest BCUT2D eigenvalue weighted by atomic mass is 32.2. The molecule has 4 amide bonds. The maximum absolute atomic E-state index is 12.6. The van der Waals surface area contributed by atoms with Gasteiger partial charge in [0.25, 0.3) is 11.8 Å². The molecule has 0 radical (unpaired) electrons. The van der Waals surface area contributed by atoms with E-state index in [1.807, 2.05) is 0 Å². The number of amides is 4. The van der Waals surface area contributed by atoms with Crippen molar-refractivity contribution in [1.82, 2.24) is 10.2 Å². The molecule has 2 aliphatic heterocycles. The molecule has 26 heavy (non-hydrogen) atoms. The van der Waals surface area contributed by atoms with E-state index in [1.54, 1.807) is 26.8 Å². The molecule has 3 rings (SSSR count). The van der Waals surface area contributed by atoms with Crippen LogP contribution in [0.5, 0.6) is 0 Å². The van der Waals surface area contributed by atoms with Gasteiger partial charge in [-0.15, -0.1) is 0 Å². The second kappa shape index (κ2) is 6.08. The Balaban J connectivity index is 1.73. The lowest BCUT2D eigenvalue weighted by molar-refractivity contribution is 0.0507. The summed E-state index contributed by atoms with van der Waals surface area (Å²) < 4.78 is 22.9. The van der Waals surface area contributed by atoms with Gasteiger partial charge in [0.15, 0.2) is 9.84 Å². The highest BCUT2D eigenvalue weighted by Crippen LogP contribution is 2.30. The molecule has 2 N–H and O–H groups in total. The highest BCUT2D eigenvalue weighted by molar-refractivity contribution is 7.91. The Hall–Kier alpha value is -2.42. The Morgan fingerprint density at radius 1 is 1.15 bits per heavy atom. The van der Waals surface area contributed by atoms with Crippen molar-refractivity contribution in [1.29, 1.82) is 0 Å². The molecule has 1 aromatic carbocycles. The minimum Gasteiger partial charge on any atom is -0.334 e. The van der Waals surface area contributed by atoms with Crippen LogP contribution in [0, 0.1) is 0 Å². The molecule has 0 bridgehead atoms. The topological polar surface area (TPSA) is 113 Å². The third kappa shape index (κ3) is 3.44. The molecular formula is C17H21N3O5S. The van der Waals surface area contributed by atoms with Crippen molar-refractivity contribution in [3.8, 4) is 0 Å². The first-order chi connectivity index (χ1) is 12.0. The Morgan fingerprint density at radius 3 is 2.38 bits per heavy atom. The molecular weight excluding hydrogens is 358 g/mol. The summed E-state index contributed by atoms with van der Waals surface area (Å²) in [7, 11) is -3.09. The van der Waals surface area contributed by atoms with Gasteiger partial charge < -0.3 is 10.6 Å². The van der Waals surface area contributed by atoms with Crippen LogP contribution in [-0.2, 0) is 9.84 Å². The van der Waals surface area contributed by atoms with Crippen molar-refractivity contribution in [3.63, 3.8) is 0 Å². The second-order valence-electron chi connectivity index (χ2n) is 7.58. The van der Waals surface area contributed by atoms with E-state index < -0.39 is 33.4 Å². The number of sulfone groups is 1. The van der Waals surface area contributed by atoms with Crippen LogP contribution in [0.4, 0.5) is 10.5 Å². The van der Waals surface area contributed by atoms with E-state index in [2.05, 4.69) is 10.6 Å². The highest BCUT2D eigenvalue weighted by Gasteiger charge is 2.42. The Bertz CT molecular complexity index is 901. The zero-order valence-corrected chi connectivity index (χ0v) is 15.6. The number of nitrogens with one attached hydrogen (secondary N) is 2. The van der Waals surface area contributed by atoms with Gasteiger partial charge in [-0.25, -0.2) is 13.2 Å². The van der Waals surface area contributed by atoms with Gasteiger partial charge in [0.05, 0.1) is 22.6 Å². The van der Waals surface area contributed by atoms with Crippen LogP contribution in [0.15, 0.2) is 18.2 Å². The van der Waals surface area contributed by atoms with Crippen molar-refractivity contribution in [2.24, 2.45) is 0 Å². The third-order valence-corrected chi connectivity index (χ3v) is 6.15. The predicted octanol–water partition coefficient (Wildman–Crippen LogP) is 1.39. The molecule has 0 aliphatic carbocycles. The first kappa shape index (κ1) is 18.4. The van der Waals surface area contributed by atoms with E-state index in [0.717, 1.165) is 0 Å². The lowest BCUT2D eigenvalue weighted by atomic mass is 10.1. The number of carbonyl (C=O) groups is 3. The molecule has 0 saturated carbocycles. The molecule has 0 aromatic heterocycles. The fraction of sp³-hybridized carbons (Fsp3) is 0.471. The minimum absolute atomic E-state index is 0.0655. The number of carbonyl (C=O) groups excluding carboxylic acids is 3. The molecule has 1 unspecified atom stereocenters. The summed E-state index contributed by atoms with van der Waals surface area (Å²) in [5.74, 6) is -0.762. The minimum atomic E-state index is -3.09. The maximum Gasteiger partial charge on any atom is 0.319 e. The van der Waals surface area contributed by atoms with Crippen LogP contribution in [0.25, 0.3) is 0 Å². The van der Waals surface area contributed by atoms with Gasteiger partial charge in [-0.3, -0.25) is 14.5 Å². The SMILES string of the molecule is CC(C)(C)N1C(=O)c2ccc(NC(=O)NC3CCS(=O)(=O)C3)cc2C1=O. The first-order valence-corrected chi connectivity index (χ1v) is 10.1. The van der Waals surface area contributed by atoms with Crippen molar-refractivity contribution in [3.05, 3.63) is 29.3 Å². The third-order valence-electron chi connectivity index (χ3n) is 4.38. The van der Waals surface area contributed by atoms with Crippen LogP contribution < -0.4 is 10.6 Å². The summed E-state index contributed by atoms with van der Waals surface area (Å²) in [4.78, 5) is 38.2. The van der Waals surface area contributed by atoms with E-state index in [4.69, 9.17) is 0 Å². The van der Waals surface area contributed by atoms with Crippen molar-refractivity contribution in [2.45, 2.75) is 38.8 Å². The number of benzene rings is 1. The Labute approximate surface area is 151 Å². The maximum atomic E-state index is 12.6. The van der Waals surface area contributed by atoms with Gasteiger partial charge in [0.2, 0.25) is 0 Å². The molecule has 140 valence electrons. The second-order valence-corrected chi connectivity index (χ2v) is 9.80. The summed E-state index contributed by atoms with van der Waals surface area (Å²) in [5.41, 5.74) is 0.259. The molecule has 1 atom stereocenters. The number of urea groups is 1. The van der Waals surface area contributed by atoms with E-state index >= 15 is 0 Å². The zero-order valence-electron chi connectivity index (χ0n) is 14.8. The van der Waals surface area contributed by atoms with Gasteiger partial charge >= 0.3 is 6.03 Å². The molecule has 1 fully saturated rings. The molecule has 0 spiro atoms. The zero-order chi connectivity index (χ0) is 19.3. The monoisotopic (exact) mass is 379 g/mol. The van der Waals surface area contributed by atoms with Crippen LogP contribution in [0.2, 0.25) is 0 Å². The number of rotatable bonds is 2. The average Bonchev–Trinajstić information content (AvgIpc) is 2.96. The molecule has 2 aliphatic rings. The van der Waals surface area contributed by atoms with Crippen molar-refractivity contribution in [2.75, 3.05) is 16.8 Å². The van der Waals surface area contributed by atoms with Crippen molar-refractivity contribution >= 4 is 33.4 Å². The van der Waals surface area contributed by atoms with Crippen LogP contribution in [-0.4, -0.2) is 54.2 Å². The first-order valence-electron chi connectivity index (χ1n) is 8.29. The van der Waals surface area contributed by atoms with Crippen LogP contribution >= 0.6 is 0 Å². The van der Waals surface area contributed by atoms with Gasteiger partial charge in [-0.2, -0.15) is 0 Å². The van der Waals surface area contributed by atoms with Gasteiger partial charge in [-0.05, 0) is 45.4 Å². The van der Waals surface area contributed by atoms with E-state index in [-0.39, 0.29) is 23.0 Å². The summed E-state index contributed by atoms with van der Waals surface area (Å²) >= 11 is 0. The average molecular weight is 379 g/mol. The summed E-state index contributed by atoms with van der Waals surface area (Å²) in [6, 6.07) is 3.55. The Morgan fingerprint density at radius 2 is 1.81 bits per heavy atom. The summed E-state index contributed by atoms with van der Waals surface area (Å²) in [5, 5.41) is 5.20. The molecule has 1 aromatic rings. The van der Waals surface area contributed by atoms with Gasteiger partial charge in [0.1, 0.15) is 0 Å². The lowest BCUT2D eigenvalue weighted by Gasteiger charge is -2.29. The van der Waals surface area contributed by atoms with E-state index in [0.29, 0.717) is 17.7 Å². The fourth-order valence-corrected chi connectivity index (χ4v) is 4.86. The van der Waals surface area contributed by atoms with Crippen LogP contribution in [0.1, 0.15) is 47.9 Å². The smallest absolute Gasteiger partial charge is 0.319 e. The summed E-state index contributed by atoms with van der Waals surface area (Å²) in [6.45, 7) is 5.32. The number of fused-ring (bicyclic) bond motifs is 1. The lowest BCUT2D eigenvalue weighted by Crippen LogP contribution is -2.45. The quantitative estimate of drug-likeness (QED) is 0.754. The van der Waals surface area contributed by atoms with E-state index in [1.165, 1.54) is 17.0 Å². The number of anilines is 1. The van der Waals surface area contributed by atoms with Crippen molar-refractivity contribution < 1.29 is 22.8 Å². The van der Waals surface area contributed by atoms with Gasteiger partial charge in [-0.1, -0.05) is 0 Å². The Kier molecular flexibility index (Phi) is 4.30. The molecule has 2 heterocycles. The van der Waals surface area contributed by atoms with Gasteiger partial charge in [0, 0.05) is 17.3 Å². The normalized spacial score (nSPS) is 21.7. The predicted molar refractivity (Wildman–Crippen MR) is 95.9 cm³/mol. The molecule has 1 saturated heterocycles. The van der Waals surface area contributed by atoms with Crippen LogP contribution in [0.3, 0.4) is 0 Å². The number of hydrogen-bond acceptors (Lipinski definition) is 5. The molecule has 8 nitrogen and oxygen atoms in total. The fourth-order valence-electron chi connectivity index (χ4n) is 3.19. The largest absolute Gasteiger partial charge is 0.334 e. The van der Waals surface area contributed by atoms with E-state index in [9.17, 15) is 22.8 Å². The standard InChI is InChI=1S/C17H21N3O5S/c1-17(2,3)20-14(21)12-5-4-10(8-13(12)15(20)22)18-16(23)19-11-6-7-26(24,25)9-11/h4-5,8,11H,6-7,9H2,1-3H3,(H2,18,19,23). The summed E-state index contributed by atoms with van der Waals surface area (Å²) in [6.07, 6.45) is 0.382. The molecule has 9 heteroatoms. The number of imide groups is 1. The number of hydrogen-bond donors (Lipinski definition) is 2.